The second-order valence-electron chi connectivity index (χ2n) is 9.48. The highest BCUT2D eigenvalue weighted by Crippen LogP contribution is 2.55. The van der Waals surface area contributed by atoms with Crippen LogP contribution in [0.1, 0.15) is 59.8 Å². The van der Waals surface area contributed by atoms with Gasteiger partial charge in [0.1, 0.15) is 0 Å². The second-order valence-corrected chi connectivity index (χ2v) is 9.48. The van der Waals surface area contributed by atoms with Crippen LogP contribution in [-0.2, 0) is 9.47 Å². The highest BCUT2D eigenvalue weighted by Gasteiger charge is 2.58. The predicted octanol–water partition coefficient (Wildman–Crippen LogP) is 3.31. The molecule has 0 unspecified atom stereocenters. The van der Waals surface area contributed by atoms with E-state index in [1.807, 2.05) is 13.8 Å². The van der Waals surface area contributed by atoms with Crippen LogP contribution in [0, 0.1) is 23.7 Å². The Balaban J connectivity index is 2.02. The van der Waals surface area contributed by atoms with Gasteiger partial charge in [0.25, 0.3) is 0 Å². The van der Waals surface area contributed by atoms with Crippen LogP contribution in [0.3, 0.4) is 0 Å². The zero-order chi connectivity index (χ0) is 18.6. The van der Waals surface area contributed by atoms with Crippen molar-refractivity contribution >= 4 is 0 Å². The Kier molecular flexibility index (Phi) is 5.13. The zero-order valence-corrected chi connectivity index (χ0v) is 16.5. The number of hydrogen-bond donors (Lipinski definition) is 2. The lowest BCUT2D eigenvalue weighted by molar-refractivity contribution is -0.121. The average Bonchev–Trinajstić information content (AvgIpc) is 2.88. The summed E-state index contributed by atoms with van der Waals surface area (Å²) in [5.41, 5.74) is -0.653. The first-order valence-corrected chi connectivity index (χ1v) is 9.89. The molecule has 4 nitrogen and oxygen atoms in total. The molecular weight excluding hydrogens is 316 g/mol. The molecule has 144 valence electrons. The van der Waals surface area contributed by atoms with Gasteiger partial charge in [0.2, 0.25) is 0 Å². The summed E-state index contributed by atoms with van der Waals surface area (Å²) in [5.74, 6) is 1.59. The number of hydrogen-bond acceptors (Lipinski definition) is 4. The molecule has 2 N–H and O–H groups in total. The molecule has 2 aliphatic heterocycles. The zero-order valence-electron chi connectivity index (χ0n) is 16.5. The highest BCUT2D eigenvalue weighted by molar-refractivity contribution is 5.18. The standard InChI is InChI=1S/C21H36O4/c1-12(2)14-8-7-13(3)17-15-11-21(5,23)16(24-6)9-10-20(4,22)19(25-15)18(14)17/h12,14-19,22-23H,3,7-11H2,1-2,4-6H3/t14-,15-,16+,17-,18-,19-,20+,21+/m1/s1. The quantitative estimate of drug-likeness (QED) is 0.749. The molecule has 0 aromatic rings. The monoisotopic (exact) mass is 352 g/mol. The SMILES string of the molecule is C=C1CC[C@H](C(C)C)[C@@H]2[C@H]1[C@H]1C[C@](C)(O)[C@@H](OC)CC[C@](C)(O)[C@@H]2O1. The molecule has 0 spiro atoms. The molecule has 3 rings (SSSR count). The van der Waals surface area contributed by atoms with Crippen molar-refractivity contribution in [2.75, 3.05) is 7.11 Å². The van der Waals surface area contributed by atoms with Crippen molar-refractivity contribution in [2.45, 2.75) is 89.3 Å². The lowest BCUT2D eigenvalue weighted by Crippen LogP contribution is -2.50. The molecule has 2 heterocycles. The van der Waals surface area contributed by atoms with Crippen LogP contribution < -0.4 is 0 Å². The van der Waals surface area contributed by atoms with Gasteiger partial charge in [0, 0.05) is 19.4 Å². The maximum Gasteiger partial charge on any atom is 0.0905 e. The first-order chi connectivity index (χ1) is 11.6. The van der Waals surface area contributed by atoms with Crippen molar-refractivity contribution in [3.63, 3.8) is 0 Å². The van der Waals surface area contributed by atoms with Gasteiger partial charge in [-0.2, -0.15) is 0 Å². The van der Waals surface area contributed by atoms with E-state index in [1.54, 1.807) is 7.11 Å². The molecule has 0 amide bonds. The Labute approximate surface area is 152 Å². The van der Waals surface area contributed by atoms with Crippen molar-refractivity contribution in [3.05, 3.63) is 12.2 Å². The molecule has 3 fully saturated rings. The first kappa shape index (κ1) is 19.3. The Bertz CT molecular complexity index is 510. The molecule has 0 aromatic heterocycles. The van der Waals surface area contributed by atoms with Gasteiger partial charge in [-0.15, -0.1) is 0 Å². The van der Waals surface area contributed by atoms with Crippen LogP contribution in [0.15, 0.2) is 12.2 Å². The predicted molar refractivity (Wildman–Crippen MR) is 98.2 cm³/mol. The molecule has 1 aliphatic carbocycles. The number of fused-ring (bicyclic) bond motifs is 5. The van der Waals surface area contributed by atoms with E-state index in [9.17, 15) is 10.2 Å². The minimum atomic E-state index is -0.968. The molecule has 0 aromatic carbocycles. The Morgan fingerprint density at radius 2 is 1.88 bits per heavy atom. The largest absolute Gasteiger partial charge is 0.387 e. The van der Waals surface area contributed by atoms with Crippen molar-refractivity contribution in [2.24, 2.45) is 23.7 Å². The summed E-state index contributed by atoms with van der Waals surface area (Å²) in [5, 5.41) is 22.4. The molecule has 3 aliphatic rings. The van der Waals surface area contributed by atoms with Crippen LogP contribution in [0.2, 0.25) is 0 Å². The fourth-order valence-corrected chi connectivity index (χ4v) is 5.84. The van der Waals surface area contributed by atoms with Crippen LogP contribution in [-0.4, -0.2) is 46.8 Å². The van der Waals surface area contributed by atoms with E-state index in [0.717, 1.165) is 12.8 Å². The van der Waals surface area contributed by atoms with E-state index >= 15 is 0 Å². The highest BCUT2D eigenvalue weighted by atomic mass is 16.5. The molecule has 1 saturated carbocycles. The van der Waals surface area contributed by atoms with E-state index < -0.39 is 11.2 Å². The molecule has 25 heavy (non-hydrogen) atoms. The fourth-order valence-electron chi connectivity index (χ4n) is 5.84. The van der Waals surface area contributed by atoms with E-state index in [4.69, 9.17) is 9.47 Å². The van der Waals surface area contributed by atoms with Gasteiger partial charge in [-0.3, -0.25) is 0 Å². The summed E-state index contributed by atoms with van der Waals surface area (Å²) in [4.78, 5) is 0. The van der Waals surface area contributed by atoms with Gasteiger partial charge in [-0.05, 0) is 57.3 Å². The maximum absolute atomic E-state index is 11.3. The lowest BCUT2D eigenvalue weighted by Gasteiger charge is -2.45. The van der Waals surface area contributed by atoms with Gasteiger partial charge in [0.05, 0.1) is 29.5 Å². The topological polar surface area (TPSA) is 58.9 Å². The Morgan fingerprint density at radius 3 is 2.48 bits per heavy atom. The fraction of sp³-hybridized carbons (Fsp3) is 0.905. The van der Waals surface area contributed by atoms with Crippen molar-refractivity contribution in [1.82, 2.24) is 0 Å². The summed E-state index contributed by atoms with van der Waals surface area (Å²) >= 11 is 0. The minimum Gasteiger partial charge on any atom is -0.387 e. The minimum absolute atomic E-state index is 0.0960. The van der Waals surface area contributed by atoms with Gasteiger partial charge in [-0.25, -0.2) is 0 Å². The third-order valence-corrected chi connectivity index (χ3v) is 7.23. The van der Waals surface area contributed by atoms with Crippen LogP contribution in [0.5, 0.6) is 0 Å². The molecule has 8 atom stereocenters. The summed E-state index contributed by atoms with van der Waals surface area (Å²) in [6, 6.07) is 0. The van der Waals surface area contributed by atoms with Gasteiger partial charge >= 0.3 is 0 Å². The Hall–Kier alpha value is -0.420. The summed E-state index contributed by atoms with van der Waals surface area (Å²) < 4.78 is 12.1. The van der Waals surface area contributed by atoms with Gasteiger partial charge in [0.15, 0.2) is 0 Å². The number of methoxy groups -OCH3 is 1. The smallest absolute Gasteiger partial charge is 0.0905 e. The van der Waals surface area contributed by atoms with E-state index in [1.165, 1.54) is 5.57 Å². The second kappa shape index (κ2) is 6.63. The molecule has 4 heteroatoms. The van der Waals surface area contributed by atoms with Gasteiger partial charge < -0.3 is 19.7 Å². The normalized spacial score (nSPS) is 51.0. The molecule has 2 bridgehead atoms. The number of ether oxygens (including phenoxy) is 2. The number of aliphatic hydroxyl groups is 2. The van der Waals surface area contributed by atoms with Crippen LogP contribution in [0.4, 0.5) is 0 Å². The van der Waals surface area contributed by atoms with E-state index in [-0.39, 0.29) is 30.1 Å². The lowest BCUT2D eigenvalue weighted by atomic mass is 9.60. The summed E-state index contributed by atoms with van der Waals surface area (Å²) in [6.45, 7) is 12.7. The number of rotatable bonds is 2. The third kappa shape index (κ3) is 3.31. The van der Waals surface area contributed by atoms with Crippen molar-refractivity contribution < 1.29 is 19.7 Å². The Morgan fingerprint density at radius 1 is 1.20 bits per heavy atom. The van der Waals surface area contributed by atoms with Crippen molar-refractivity contribution in [3.8, 4) is 0 Å². The van der Waals surface area contributed by atoms with Crippen LogP contribution in [0.25, 0.3) is 0 Å². The summed E-state index contributed by atoms with van der Waals surface area (Å²) in [6.07, 6.45) is 3.29. The van der Waals surface area contributed by atoms with Crippen molar-refractivity contribution in [1.29, 1.82) is 0 Å². The average molecular weight is 353 g/mol. The maximum atomic E-state index is 11.3. The summed E-state index contributed by atoms with van der Waals surface area (Å²) in [7, 11) is 1.64. The van der Waals surface area contributed by atoms with E-state index in [2.05, 4.69) is 20.4 Å². The van der Waals surface area contributed by atoms with E-state index in [0.29, 0.717) is 31.1 Å². The first-order valence-electron chi connectivity index (χ1n) is 9.89. The third-order valence-electron chi connectivity index (χ3n) is 7.23. The van der Waals surface area contributed by atoms with Gasteiger partial charge in [-0.1, -0.05) is 26.0 Å². The molecule has 2 saturated heterocycles. The molecular formula is C21H36O4. The van der Waals surface area contributed by atoms with Crippen LogP contribution >= 0.6 is 0 Å². The molecule has 0 radical (unpaired) electrons.